The highest BCUT2D eigenvalue weighted by Gasteiger charge is 2.18. The van der Waals surface area contributed by atoms with Crippen LogP contribution in [-0.2, 0) is 0 Å². The molecule has 1 amide bonds. The third-order valence-corrected chi connectivity index (χ3v) is 4.59. The number of amides is 1. The number of halogens is 3. The van der Waals surface area contributed by atoms with Crippen LogP contribution in [0.15, 0.2) is 48.5 Å². The summed E-state index contributed by atoms with van der Waals surface area (Å²) in [4.78, 5) is 21.6. The van der Waals surface area contributed by atoms with Gasteiger partial charge in [0.15, 0.2) is 5.82 Å². The van der Waals surface area contributed by atoms with E-state index in [9.17, 15) is 9.90 Å². The summed E-state index contributed by atoms with van der Waals surface area (Å²) in [5.41, 5.74) is 0.986. The first-order valence-electron chi connectivity index (χ1n) is 8.73. The van der Waals surface area contributed by atoms with Gasteiger partial charge in [-0.2, -0.15) is 0 Å². The van der Waals surface area contributed by atoms with Crippen molar-refractivity contribution in [3.8, 4) is 22.6 Å². The zero-order valence-corrected chi connectivity index (χ0v) is 18.0. The van der Waals surface area contributed by atoms with Crippen molar-refractivity contribution in [3.63, 3.8) is 0 Å². The number of hydrogen-bond donors (Lipinski definition) is 2. The summed E-state index contributed by atoms with van der Waals surface area (Å²) < 4.78 is 0. The molecule has 3 aromatic rings. The Morgan fingerprint density at radius 3 is 2.14 bits per heavy atom. The maximum Gasteiger partial charge on any atom is 0.270 e. The molecule has 5 nitrogen and oxygen atoms in total. The Hall–Kier alpha value is -2.18. The van der Waals surface area contributed by atoms with Gasteiger partial charge in [0.2, 0.25) is 0 Å². The number of nitrogens with one attached hydrogen (secondary N) is 1. The van der Waals surface area contributed by atoms with Gasteiger partial charge >= 0.3 is 0 Å². The van der Waals surface area contributed by atoms with Crippen molar-refractivity contribution in [3.05, 3.63) is 69.3 Å². The fourth-order valence-corrected chi connectivity index (χ4v) is 3.18. The Morgan fingerprint density at radius 2 is 1.55 bits per heavy atom. The van der Waals surface area contributed by atoms with Gasteiger partial charge in [0.25, 0.3) is 5.91 Å². The van der Waals surface area contributed by atoms with E-state index in [1.807, 2.05) is 0 Å². The molecule has 0 atom stereocenters. The lowest BCUT2D eigenvalue weighted by Crippen LogP contribution is -2.38. The van der Waals surface area contributed by atoms with Crippen molar-refractivity contribution in [1.82, 2.24) is 15.3 Å². The Kier molecular flexibility index (Phi) is 6.44. The minimum atomic E-state index is -1.05. The molecule has 0 saturated carbocycles. The molecule has 0 fully saturated rings. The van der Waals surface area contributed by atoms with E-state index in [1.165, 1.54) is 0 Å². The Balaban J connectivity index is 2.08. The molecule has 0 aliphatic carbocycles. The quantitative estimate of drug-likeness (QED) is 0.555. The molecule has 2 aromatic carbocycles. The van der Waals surface area contributed by atoms with E-state index in [0.29, 0.717) is 32.1 Å². The van der Waals surface area contributed by atoms with Gasteiger partial charge in [-0.1, -0.05) is 46.9 Å². The number of nitrogens with zero attached hydrogens (tertiary/aromatic N) is 2. The summed E-state index contributed by atoms with van der Waals surface area (Å²) in [6.07, 6.45) is 0. The second kappa shape index (κ2) is 8.67. The molecule has 8 heteroatoms. The molecule has 3 rings (SSSR count). The maximum absolute atomic E-state index is 12.7. The minimum Gasteiger partial charge on any atom is -0.389 e. The van der Waals surface area contributed by atoms with Crippen LogP contribution in [0.25, 0.3) is 22.6 Å². The third kappa shape index (κ3) is 5.90. The number of carbonyl (C=O) groups is 1. The Labute approximate surface area is 183 Å². The fraction of sp³-hybridized carbons (Fsp3) is 0.190. The standard InChI is InChI=1S/C21H18Cl3N3O2/c1-21(2,29)11-25-20(28)18-10-17(12-3-5-14(22)6-4-12)26-19(27-18)13-7-15(23)9-16(24)8-13/h3-10,29H,11H2,1-2H3,(H,25,28). The van der Waals surface area contributed by atoms with E-state index in [4.69, 9.17) is 34.8 Å². The van der Waals surface area contributed by atoms with Crippen molar-refractivity contribution < 1.29 is 9.90 Å². The van der Waals surface area contributed by atoms with Crippen LogP contribution in [0.5, 0.6) is 0 Å². The van der Waals surface area contributed by atoms with E-state index in [-0.39, 0.29) is 12.2 Å². The average molecular weight is 451 g/mol. The van der Waals surface area contributed by atoms with Crippen LogP contribution in [0.1, 0.15) is 24.3 Å². The first-order chi connectivity index (χ1) is 13.6. The first-order valence-corrected chi connectivity index (χ1v) is 9.86. The predicted molar refractivity (Wildman–Crippen MR) is 117 cm³/mol. The molecule has 0 radical (unpaired) electrons. The third-order valence-electron chi connectivity index (χ3n) is 3.90. The molecule has 0 bridgehead atoms. The molecule has 0 spiro atoms. The molecule has 0 aliphatic rings. The van der Waals surface area contributed by atoms with Crippen LogP contribution < -0.4 is 5.32 Å². The van der Waals surface area contributed by atoms with E-state index in [1.54, 1.807) is 62.4 Å². The number of rotatable bonds is 5. The molecule has 2 N–H and O–H groups in total. The maximum atomic E-state index is 12.7. The zero-order valence-electron chi connectivity index (χ0n) is 15.7. The lowest BCUT2D eigenvalue weighted by Gasteiger charge is -2.17. The molecular weight excluding hydrogens is 433 g/mol. The largest absolute Gasteiger partial charge is 0.389 e. The van der Waals surface area contributed by atoms with Crippen LogP contribution in [0.2, 0.25) is 15.1 Å². The van der Waals surface area contributed by atoms with E-state index in [0.717, 1.165) is 5.56 Å². The van der Waals surface area contributed by atoms with Crippen molar-refractivity contribution in [2.45, 2.75) is 19.4 Å². The number of carbonyl (C=O) groups excluding carboxylic acids is 1. The lowest BCUT2D eigenvalue weighted by molar-refractivity contribution is 0.0692. The summed E-state index contributed by atoms with van der Waals surface area (Å²) in [7, 11) is 0. The molecular formula is C21H18Cl3N3O2. The minimum absolute atomic E-state index is 0.0739. The van der Waals surface area contributed by atoms with Crippen LogP contribution in [-0.4, -0.2) is 33.1 Å². The Bertz CT molecular complexity index is 1030. The van der Waals surface area contributed by atoms with Crippen LogP contribution in [0, 0.1) is 0 Å². The molecule has 29 heavy (non-hydrogen) atoms. The van der Waals surface area contributed by atoms with Crippen LogP contribution >= 0.6 is 34.8 Å². The summed E-state index contributed by atoms with van der Waals surface area (Å²) in [5, 5.41) is 14.0. The van der Waals surface area contributed by atoms with Gasteiger partial charge in [0, 0.05) is 32.7 Å². The predicted octanol–water partition coefficient (Wildman–Crippen LogP) is 5.27. The number of benzene rings is 2. The normalized spacial score (nSPS) is 11.4. The monoisotopic (exact) mass is 449 g/mol. The second-order valence-electron chi connectivity index (χ2n) is 7.12. The SMILES string of the molecule is CC(C)(O)CNC(=O)c1cc(-c2ccc(Cl)cc2)nc(-c2cc(Cl)cc(Cl)c2)n1. The number of hydrogen-bond acceptors (Lipinski definition) is 4. The highest BCUT2D eigenvalue weighted by Crippen LogP contribution is 2.28. The first kappa shape index (κ1) is 21.5. The number of aliphatic hydroxyl groups is 1. The summed E-state index contributed by atoms with van der Waals surface area (Å²) in [6.45, 7) is 3.28. The summed E-state index contributed by atoms with van der Waals surface area (Å²) in [5.74, 6) is -0.130. The van der Waals surface area contributed by atoms with Gasteiger partial charge in [-0.25, -0.2) is 9.97 Å². The zero-order chi connectivity index (χ0) is 21.2. The summed E-state index contributed by atoms with van der Waals surface area (Å²) >= 11 is 18.2. The molecule has 150 valence electrons. The smallest absolute Gasteiger partial charge is 0.270 e. The van der Waals surface area contributed by atoms with Gasteiger partial charge in [-0.15, -0.1) is 0 Å². The van der Waals surface area contributed by atoms with Gasteiger partial charge in [-0.3, -0.25) is 4.79 Å². The highest BCUT2D eigenvalue weighted by molar-refractivity contribution is 6.35. The van der Waals surface area contributed by atoms with Gasteiger partial charge in [-0.05, 0) is 50.2 Å². The van der Waals surface area contributed by atoms with Crippen molar-refractivity contribution in [1.29, 1.82) is 0 Å². The van der Waals surface area contributed by atoms with Crippen molar-refractivity contribution in [2.75, 3.05) is 6.54 Å². The molecule has 1 aromatic heterocycles. The summed E-state index contributed by atoms with van der Waals surface area (Å²) in [6, 6.07) is 13.6. The van der Waals surface area contributed by atoms with Gasteiger partial charge in [0.1, 0.15) is 5.69 Å². The van der Waals surface area contributed by atoms with E-state index in [2.05, 4.69) is 15.3 Å². The molecule has 0 unspecified atom stereocenters. The molecule has 0 saturated heterocycles. The Morgan fingerprint density at radius 1 is 0.931 bits per heavy atom. The molecule has 0 aliphatic heterocycles. The van der Waals surface area contributed by atoms with E-state index < -0.39 is 11.5 Å². The van der Waals surface area contributed by atoms with Gasteiger partial charge < -0.3 is 10.4 Å². The number of aromatic nitrogens is 2. The van der Waals surface area contributed by atoms with Crippen LogP contribution in [0.4, 0.5) is 0 Å². The highest BCUT2D eigenvalue weighted by atomic mass is 35.5. The van der Waals surface area contributed by atoms with Crippen molar-refractivity contribution >= 4 is 40.7 Å². The lowest BCUT2D eigenvalue weighted by atomic mass is 10.1. The van der Waals surface area contributed by atoms with Gasteiger partial charge in [0.05, 0.1) is 11.3 Å². The van der Waals surface area contributed by atoms with E-state index >= 15 is 0 Å². The van der Waals surface area contributed by atoms with Crippen LogP contribution in [0.3, 0.4) is 0 Å². The topological polar surface area (TPSA) is 75.1 Å². The fourth-order valence-electron chi connectivity index (χ4n) is 2.53. The van der Waals surface area contributed by atoms with Crippen molar-refractivity contribution in [2.24, 2.45) is 0 Å². The molecule has 1 heterocycles. The second-order valence-corrected chi connectivity index (χ2v) is 8.43. The average Bonchev–Trinajstić information content (AvgIpc) is 2.65.